The van der Waals surface area contributed by atoms with Crippen molar-refractivity contribution in [3.05, 3.63) is 0 Å². The van der Waals surface area contributed by atoms with Gasteiger partial charge in [0.25, 0.3) is 0 Å². The number of hydrogen-bond acceptors (Lipinski definition) is 15. The third-order valence-electron chi connectivity index (χ3n) is 15.5. The van der Waals surface area contributed by atoms with Gasteiger partial charge in [0.15, 0.2) is 12.2 Å². The van der Waals surface area contributed by atoms with Crippen LogP contribution in [0.25, 0.3) is 0 Å². The number of unbranched alkanes of at least 4 members (excludes halogenated alkanes) is 36. The number of esters is 4. The summed E-state index contributed by atoms with van der Waals surface area (Å²) in [6.07, 6.45) is 43.3. The Hall–Kier alpha value is -1.94. The highest BCUT2D eigenvalue weighted by Crippen LogP contribution is 2.45. The lowest BCUT2D eigenvalue weighted by atomic mass is 10.0. The van der Waals surface area contributed by atoms with Crippen LogP contribution in [0.15, 0.2) is 0 Å². The molecule has 2 unspecified atom stereocenters. The largest absolute Gasteiger partial charge is 0.472 e. The van der Waals surface area contributed by atoms with E-state index in [1.54, 1.807) is 0 Å². The molecule has 17 nitrogen and oxygen atoms in total. The van der Waals surface area contributed by atoms with E-state index in [-0.39, 0.29) is 25.7 Å². The first-order valence-electron chi connectivity index (χ1n) is 35.0. The molecule has 0 heterocycles. The summed E-state index contributed by atoms with van der Waals surface area (Å²) in [4.78, 5) is 72.1. The lowest BCUT2D eigenvalue weighted by molar-refractivity contribution is -0.161. The normalized spacial score (nSPS) is 14.2. The Bertz CT molecular complexity index is 1680. The molecular formula is C67H130O17P2. The van der Waals surface area contributed by atoms with E-state index in [1.807, 2.05) is 0 Å². The third kappa shape index (κ3) is 60.9. The molecule has 3 N–H and O–H groups in total. The van der Waals surface area contributed by atoms with Gasteiger partial charge in [0.2, 0.25) is 0 Å². The summed E-state index contributed by atoms with van der Waals surface area (Å²) in [5.41, 5.74) is 0. The molecule has 0 saturated carbocycles. The minimum Gasteiger partial charge on any atom is -0.462 e. The van der Waals surface area contributed by atoms with Gasteiger partial charge in [-0.2, -0.15) is 0 Å². The number of rotatable bonds is 66. The number of phosphoric acid groups is 2. The Kier molecular flexibility index (Phi) is 58.0. The second-order valence-electron chi connectivity index (χ2n) is 25.2. The maximum absolute atomic E-state index is 13.0. The van der Waals surface area contributed by atoms with Gasteiger partial charge in [-0.1, -0.05) is 286 Å². The van der Waals surface area contributed by atoms with Crippen molar-refractivity contribution in [3.8, 4) is 0 Å². The van der Waals surface area contributed by atoms with Gasteiger partial charge in [-0.05, 0) is 37.5 Å². The summed E-state index contributed by atoms with van der Waals surface area (Å²) < 4.78 is 68.0. The molecule has 0 spiro atoms. The van der Waals surface area contributed by atoms with Crippen molar-refractivity contribution in [2.45, 2.75) is 355 Å². The van der Waals surface area contributed by atoms with Crippen LogP contribution in [0.1, 0.15) is 337 Å². The molecule has 5 atom stereocenters. The van der Waals surface area contributed by atoms with Crippen molar-refractivity contribution in [2.75, 3.05) is 39.6 Å². The van der Waals surface area contributed by atoms with Gasteiger partial charge in [0, 0.05) is 25.7 Å². The number of carbonyl (C=O) groups excluding carboxylic acids is 4. The van der Waals surface area contributed by atoms with E-state index in [4.69, 9.17) is 37.0 Å². The number of hydrogen-bond donors (Lipinski definition) is 3. The summed E-state index contributed by atoms with van der Waals surface area (Å²) in [7, 11) is -9.88. The van der Waals surface area contributed by atoms with Crippen LogP contribution in [0.3, 0.4) is 0 Å². The van der Waals surface area contributed by atoms with E-state index >= 15 is 0 Å². The molecule has 86 heavy (non-hydrogen) atoms. The predicted octanol–water partition coefficient (Wildman–Crippen LogP) is 18.8. The van der Waals surface area contributed by atoms with Crippen molar-refractivity contribution >= 4 is 39.5 Å². The first kappa shape index (κ1) is 84.1. The van der Waals surface area contributed by atoms with Crippen LogP contribution in [0.4, 0.5) is 0 Å². The highest BCUT2D eigenvalue weighted by Gasteiger charge is 2.30. The SMILES string of the molecule is CCCCCCCCCCCCCC(=O)O[C@H](COC(=O)CCCCCCC)COP(=O)(O)OC[C@H](O)COP(=O)(O)OC[C@@H](COC(=O)CCCCCCCCCCCCCCC(C)C)OC(=O)CCCCCCCCCCCCCCC(C)C. The van der Waals surface area contributed by atoms with Crippen LogP contribution in [0.2, 0.25) is 0 Å². The third-order valence-corrected chi connectivity index (χ3v) is 17.4. The molecule has 0 bridgehead atoms. The second-order valence-corrected chi connectivity index (χ2v) is 28.1. The molecule has 0 amide bonds. The average molecular weight is 1270 g/mol. The topological polar surface area (TPSA) is 237 Å². The Morgan fingerprint density at radius 1 is 0.314 bits per heavy atom. The van der Waals surface area contributed by atoms with Crippen molar-refractivity contribution in [1.29, 1.82) is 0 Å². The highest BCUT2D eigenvalue weighted by atomic mass is 31.2. The first-order chi connectivity index (χ1) is 41.4. The summed E-state index contributed by atoms with van der Waals surface area (Å²) >= 11 is 0. The molecule has 0 aromatic carbocycles. The molecule has 0 aliphatic carbocycles. The second kappa shape index (κ2) is 59.4. The van der Waals surface area contributed by atoms with Crippen LogP contribution in [0, 0.1) is 11.8 Å². The molecule has 0 radical (unpaired) electrons. The lowest BCUT2D eigenvalue weighted by Crippen LogP contribution is -2.30. The minimum atomic E-state index is -4.95. The lowest BCUT2D eigenvalue weighted by Gasteiger charge is -2.21. The minimum absolute atomic E-state index is 0.106. The van der Waals surface area contributed by atoms with E-state index in [9.17, 15) is 43.2 Å². The molecule has 19 heteroatoms. The van der Waals surface area contributed by atoms with Crippen molar-refractivity contribution in [1.82, 2.24) is 0 Å². The smallest absolute Gasteiger partial charge is 0.462 e. The van der Waals surface area contributed by atoms with Crippen molar-refractivity contribution < 1.29 is 80.2 Å². The Labute approximate surface area is 524 Å². The number of phosphoric ester groups is 2. The Morgan fingerprint density at radius 3 is 0.791 bits per heavy atom. The van der Waals surface area contributed by atoms with Gasteiger partial charge < -0.3 is 33.8 Å². The molecule has 0 aliphatic heterocycles. The van der Waals surface area contributed by atoms with Gasteiger partial charge >= 0.3 is 39.5 Å². The summed E-state index contributed by atoms with van der Waals surface area (Å²) in [6, 6.07) is 0. The Morgan fingerprint density at radius 2 is 0.535 bits per heavy atom. The molecular weight excluding hydrogens is 1140 g/mol. The maximum Gasteiger partial charge on any atom is 0.472 e. The van der Waals surface area contributed by atoms with Gasteiger partial charge in [0.05, 0.1) is 26.4 Å². The fourth-order valence-electron chi connectivity index (χ4n) is 10.1. The van der Waals surface area contributed by atoms with Crippen LogP contribution < -0.4 is 0 Å². The predicted molar refractivity (Wildman–Crippen MR) is 345 cm³/mol. The Balaban J connectivity index is 5.17. The van der Waals surface area contributed by atoms with Crippen molar-refractivity contribution in [2.24, 2.45) is 11.8 Å². The molecule has 510 valence electrons. The van der Waals surface area contributed by atoms with Crippen LogP contribution in [0.5, 0.6) is 0 Å². The van der Waals surface area contributed by atoms with Gasteiger partial charge in [0.1, 0.15) is 19.3 Å². The van der Waals surface area contributed by atoms with E-state index in [0.29, 0.717) is 25.7 Å². The van der Waals surface area contributed by atoms with Crippen LogP contribution in [-0.2, 0) is 65.4 Å². The summed E-state index contributed by atoms with van der Waals surface area (Å²) in [6.45, 7) is 9.46. The summed E-state index contributed by atoms with van der Waals surface area (Å²) in [5.74, 6) is -0.580. The number of aliphatic hydroxyl groups is 1. The van der Waals surface area contributed by atoms with E-state index in [1.165, 1.54) is 148 Å². The van der Waals surface area contributed by atoms with Gasteiger partial charge in [-0.3, -0.25) is 37.3 Å². The molecule has 0 aliphatic rings. The maximum atomic E-state index is 13.0. The fraction of sp³-hybridized carbons (Fsp3) is 0.940. The van der Waals surface area contributed by atoms with Crippen molar-refractivity contribution in [3.63, 3.8) is 0 Å². The number of ether oxygens (including phenoxy) is 4. The zero-order valence-corrected chi connectivity index (χ0v) is 57.4. The van der Waals surface area contributed by atoms with E-state index in [0.717, 1.165) is 108 Å². The fourth-order valence-corrected chi connectivity index (χ4v) is 11.6. The van der Waals surface area contributed by atoms with Crippen LogP contribution in [-0.4, -0.2) is 96.7 Å². The molecule has 0 rings (SSSR count). The highest BCUT2D eigenvalue weighted by molar-refractivity contribution is 7.47. The van der Waals surface area contributed by atoms with E-state index in [2.05, 4.69) is 41.5 Å². The average Bonchev–Trinajstić information content (AvgIpc) is 3.53. The number of carbonyl (C=O) groups is 4. The molecule has 0 saturated heterocycles. The molecule has 0 fully saturated rings. The molecule has 0 aromatic rings. The first-order valence-corrected chi connectivity index (χ1v) is 38.0. The monoisotopic (exact) mass is 1270 g/mol. The van der Waals surface area contributed by atoms with Gasteiger partial charge in [-0.15, -0.1) is 0 Å². The standard InChI is InChI=1S/C67H130O17P2/c1-7-9-11-13-14-15-20-28-33-39-45-51-66(71)83-62(55-77-64(69)49-43-35-12-10-8-2)57-81-85(73,74)79-53-61(68)54-80-86(75,76)82-58-63(84-67(72)52-46-40-34-29-24-19-17-22-26-31-37-42-48-60(5)6)56-78-65(70)50-44-38-32-27-23-18-16-21-25-30-36-41-47-59(3)4/h59-63,68H,7-58H2,1-6H3,(H,73,74)(H,75,76)/t61-,62+,63+/m0/s1. The summed E-state index contributed by atoms with van der Waals surface area (Å²) in [5, 5.41) is 10.5. The van der Waals surface area contributed by atoms with Crippen LogP contribution >= 0.6 is 15.6 Å². The van der Waals surface area contributed by atoms with Gasteiger partial charge in [-0.25, -0.2) is 9.13 Å². The zero-order chi connectivity index (χ0) is 63.6. The number of aliphatic hydroxyl groups excluding tert-OH is 1. The quantitative estimate of drug-likeness (QED) is 0.0222. The molecule has 0 aromatic heterocycles. The zero-order valence-electron chi connectivity index (χ0n) is 55.6. The van der Waals surface area contributed by atoms with E-state index < -0.39 is 97.5 Å².